The summed E-state index contributed by atoms with van der Waals surface area (Å²) < 4.78 is 0. The maximum absolute atomic E-state index is 5.35. The van der Waals surface area contributed by atoms with E-state index in [1.807, 2.05) is 18.2 Å². The molecule has 0 aliphatic heterocycles. The highest BCUT2D eigenvalue weighted by atomic mass is 15.0. The highest BCUT2D eigenvalue weighted by molar-refractivity contribution is 6.25. The summed E-state index contributed by atoms with van der Waals surface area (Å²) in [5.74, 6) is 1.95. The second-order valence-corrected chi connectivity index (χ2v) is 16.3. The van der Waals surface area contributed by atoms with Crippen molar-refractivity contribution in [2.75, 3.05) is 0 Å². The molecule has 0 bridgehead atoms. The van der Waals surface area contributed by atoms with Crippen LogP contribution in [0.15, 0.2) is 188 Å². The minimum Gasteiger partial charge on any atom is -0.208 e. The smallest absolute Gasteiger partial charge is 0.164 e. The van der Waals surface area contributed by atoms with Crippen molar-refractivity contribution >= 4 is 32.3 Å². The molecule has 0 N–H and O–H groups in total. The van der Waals surface area contributed by atoms with Crippen LogP contribution in [0.3, 0.4) is 0 Å². The summed E-state index contributed by atoms with van der Waals surface area (Å²) in [6.45, 7) is 4.73. The lowest BCUT2D eigenvalue weighted by atomic mass is 9.55. The van der Waals surface area contributed by atoms with Crippen LogP contribution < -0.4 is 0 Å². The van der Waals surface area contributed by atoms with Crippen molar-refractivity contribution in [3.05, 3.63) is 221 Å². The first-order valence-corrected chi connectivity index (χ1v) is 20.1. The number of hydrogen-bond donors (Lipinski definition) is 0. The SMILES string of the molecule is CC1(C)c2ccccc2C2(c3ccccc3-c3ccc(-c4nc(-c5ccccc5)nc(-c5ccc6c7ccccc7c7ccccc7c6c5)n4)cc32)c2ccccc21. The molecule has 10 aromatic rings. The summed E-state index contributed by atoms with van der Waals surface area (Å²) in [6, 6.07) is 68.3. The maximum Gasteiger partial charge on any atom is 0.164 e. The molecule has 3 heteroatoms. The number of hydrogen-bond acceptors (Lipinski definition) is 3. The van der Waals surface area contributed by atoms with Crippen LogP contribution in [0.2, 0.25) is 0 Å². The molecule has 1 heterocycles. The zero-order valence-corrected chi connectivity index (χ0v) is 32.2. The largest absolute Gasteiger partial charge is 0.208 e. The third-order valence-electron chi connectivity index (χ3n) is 13.0. The Kier molecular flexibility index (Phi) is 6.90. The van der Waals surface area contributed by atoms with Gasteiger partial charge in [-0.3, -0.25) is 0 Å². The van der Waals surface area contributed by atoms with Gasteiger partial charge in [0.05, 0.1) is 5.41 Å². The molecule has 0 amide bonds. The van der Waals surface area contributed by atoms with Gasteiger partial charge in [0, 0.05) is 22.1 Å². The standard InChI is InChI=1S/C55H37N3/c1-54(2)46-24-12-14-26-48(46)55(49-27-15-13-25-47(49)54)45-23-11-10-22-42(45)43-31-29-36(33-50(43)55)53-57-51(34-16-4-3-5-17-34)56-52(58-53)35-28-30-41-39-20-7-6-18-37(39)38-19-8-9-21-40(38)44(41)32-35/h3-33H,1-2H3. The van der Waals surface area contributed by atoms with Gasteiger partial charge < -0.3 is 0 Å². The Morgan fingerprint density at radius 2 is 0.707 bits per heavy atom. The normalized spacial score (nSPS) is 14.3. The van der Waals surface area contributed by atoms with Gasteiger partial charge in [0.25, 0.3) is 0 Å². The van der Waals surface area contributed by atoms with Crippen molar-refractivity contribution in [2.24, 2.45) is 0 Å². The second-order valence-electron chi connectivity index (χ2n) is 16.3. The monoisotopic (exact) mass is 739 g/mol. The van der Waals surface area contributed by atoms with Gasteiger partial charge in [-0.05, 0) is 89.0 Å². The molecule has 12 rings (SSSR count). The zero-order chi connectivity index (χ0) is 38.6. The fourth-order valence-corrected chi connectivity index (χ4v) is 10.4. The first kappa shape index (κ1) is 33.0. The lowest BCUT2D eigenvalue weighted by molar-refractivity contribution is 0.563. The van der Waals surface area contributed by atoms with E-state index in [1.54, 1.807) is 0 Å². The summed E-state index contributed by atoms with van der Waals surface area (Å²) in [5, 5.41) is 7.36. The van der Waals surface area contributed by atoms with Gasteiger partial charge in [-0.25, -0.2) is 15.0 Å². The Balaban J connectivity index is 1.12. The van der Waals surface area contributed by atoms with E-state index in [2.05, 4.69) is 184 Å². The van der Waals surface area contributed by atoms with Gasteiger partial charge in [0.2, 0.25) is 0 Å². The summed E-state index contributed by atoms with van der Waals surface area (Å²) in [4.78, 5) is 15.8. The first-order valence-electron chi connectivity index (χ1n) is 20.1. The third kappa shape index (κ3) is 4.47. The maximum atomic E-state index is 5.35. The Labute approximate surface area is 337 Å². The molecule has 2 aliphatic rings. The average molecular weight is 740 g/mol. The van der Waals surface area contributed by atoms with Crippen LogP contribution in [0.5, 0.6) is 0 Å². The predicted molar refractivity (Wildman–Crippen MR) is 238 cm³/mol. The molecule has 3 nitrogen and oxygen atoms in total. The highest BCUT2D eigenvalue weighted by Gasteiger charge is 2.53. The summed E-state index contributed by atoms with van der Waals surface area (Å²) in [7, 11) is 0. The molecule has 0 saturated heterocycles. The number of nitrogens with zero attached hydrogens (tertiary/aromatic N) is 3. The van der Waals surface area contributed by atoms with Gasteiger partial charge in [-0.2, -0.15) is 0 Å². The van der Waals surface area contributed by atoms with Crippen molar-refractivity contribution in [3.63, 3.8) is 0 Å². The van der Waals surface area contributed by atoms with Crippen LogP contribution in [0.1, 0.15) is 47.2 Å². The molecule has 1 spiro atoms. The Hall–Kier alpha value is -7.23. The highest BCUT2D eigenvalue weighted by Crippen LogP contribution is 2.62. The van der Waals surface area contributed by atoms with Crippen LogP contribution in [-0.4, -0.2) is 15.0 Å². The molecular formula is C55H37N3. The summed E-state index contributed by atoms with van der Waals surface area (Å²) >= 11 is 0. The van der Waals surface area contributed by atoms with E-state index < -0.39 is 5.41 Å². The molecule has 0 saturated carbocycles. The molecule has 1 aromatic heterocycles. The van der Waals surface area contributed by atoms with Crippen molar-refractivity contribution < 1.29 is 0 Å². The van der Waals surface area contributed by atoms with Crippen LogP contribution in [0.25, 0.3) is 77.6 Å². The fourth-order valence-electron chi connectivity index (χ4n) is 10.4. The van der Waals surface area contributed by atoms with Crippen LogP contribution in [0.4, 0.5) is 0 Å². The molecule has 0 radical (unpaired) electrons. The molecule has 9 aromatic carbocycles. The number of aromatic nitrogens is 3. The van der Waals surface area contributed by atoms with Crippen LogP contribution in [-0.2, 0) is 10.8 Å². The molecule has 0 fully saturated rings. The van der Waals surface area contributed by atoms with E-state index in [9.17, 15) is 0 Å². The van der Waals surface area contributed by atoms with Crippen molar-refractivity contribution in [2.45, 2.75) is 24.7 Å². The minimum atomic E-state index is -0.509. The number of rotatable bonds is 3. The van der Waals surface area contributed by atoms with E-state index in [1.165, 1.54) is 76.8 Å². The molecule has 58 heavy (non-hydrogen) atoms. The lowest BCUT2D eigenvalue weighted by Gasteiger charge is -2.46. The van der Waals surface area contributed by atoms with Gasteiger partial charge in [-0.1, -0.05) is 190 Å². The predicted octanol–water partition coefficient (Wildman–Crippen LogP) is 13.3. The van der Waals surface area contributed by atoms with E-state index in [-0.39, 0.29) is 5.41 Å². The third-order valence-corrected chi connectivity index (χ3v) is 13.0. The Morgan fingerprint density at radius 3 is 1.31 bits per heavy atom. The van der Waals surface area contributed by atoms with Crippen LogP contribution >= 0.6 is 0 Å². The fraction of sp³-hybridized carbons (Fsp3) is 0.0727. The average Bonchev–Trinajstić information content (AvgIpc) is 3.58. The van der Waals surface area contributed by atoms with Gasteiger partial charge in [-0.15, -0.1) is 0 Å². The van der Waals surface area contributed by atoms with Crippen molar-refractivity contribution in [1.82, 2.24) is 15.0 Å². The van der Waals surface area contributed by atoms with Crippen molar-refractivity contribution in [1.29, 1.82) is 0 Å². The van der Waals surface area contributed by atoms with E-state index in [0.29, 0.717) is 17.5 Å². The molecule has 0 atom stereocenters. The van der Waals surface area contributed by atoms with E-state index in [0.717, 1.165) is 16.7 Å². The van der Waals surface area contributed by atoms with Crippen LogP contribution in [0, 0.1) is 0 Å². The summed E-state index contributed by atoms with van der Waals surface area (Å²) in [5.41, 5.74) is 12.7. The number of benzene rings is 9. The summed E-state index contributed by atoms with van der Waals surface area (Å²) in [6.07, 6.45) is 0. The van der Waals surface area contributed by atoms with Gasteiger partial charge in [0.15, 0.2) is 17.5 Å². The zero-order valence-electron chi connectivity index (χ0n) is 32.2. The number of fused-ring (bicyclic) bond motifs is 15. The Bertz CT molecular complexity index is 3240. The van der Waals surface area contributed by atoms with Crippen molar-refractivity contribution in [3.8, 4) is 45.3 Å². The van der Waals surface area contributed by atoms with E-state index in [4.69, 9.17) is 15.0 Å². The molecule has 2 aliphatic carbocycles. The van der Waals surface area contributed by atoms with Gasteiger partial charge >= 0.3 is 0 Å². The topological polar surface area (TPSA) is 38.7 Å². The minimum absolute atomic E-state index is 0.168. The Morgan fingerprint density at radius 1 is 0.293 bits per heavy atom. The quantitative estimate of drug-likeness (QED) is 0.169. The molecule has 0 unspecified atom stereocenters. The first-order chi connectivity index (χ1) is 28.5. The van der Waals surface area contributed by atoms with E-state index >= 15 is 0 Å². The van der Waals surface area contributed by atoms with Gasteiger partial charge in [0.1, 0.15) is 0 Å². The molecule has 272 valence electrons. The second kappa shape index (κ2) is 12.1. The lowest BCUT2D eigenvalue weighted by Crippen LogP contribution is -2.40. The molecular weight excluding hydrogens is 703 g/mol.